The lowest BCUT2D eigenvalue weighted by molar-refractivity contribution is 0.112. The van der Waals surface area contributed by atoms with Crippen LogP contribution in [0.1, 0.15) is 35.7 Å². The molecular weight excluding hydrogens is 283 g/mol. The molecule has 0 bridgehead atoms. The smallest absolute Gasteiger partial charge is 0.162 e. The van der Waals surface area contributed by atoms with Crippen molar-refractivity contribution < 1.29 is 4.79 Å². The van der Waals surface area contributed by atoms with E-state index in [4.69, 9.17) is 23.2 Å². The van der Waals surface area contributed by atoms with Crippen LogP contribution in [0.15, 0.2) is 24.3 Å². The van der Waals surface area contributed by atoms with E-state index in [2.05, 4.69) is 23.8 Å². The van der Waals surface area contributed by atoms with E-state index in [-0.39, 0.29) is 15.9 Å². The number of carbonyl (C=O) groups excluding carboxylic acids is 1. The van der Waals surface area contributed by atoms with Gasteiger partial charge in [0, 0.05) is 5.56 Å². The normalized spacial score (nSPS) is 10.8. The van der Waals surface area contributed by atoms with Crippen LogP contribution in [0.3, 0.4) is 0 Å². The van der Waals surface area contributed by atoms with E-state index < -0.39 is 0 Å². The van der Waals surface area contributed by atoms with E-state index in [0.29, 0.717) is 18.0 Å². The minimum atomic E-state index is 0.0675. The van der Waals surface area contributed by atoms with Gasteiger partial charge in [0.2, 0.25) is 0 Å². The Morgan fingerprint density at radius 3 is 2.00 bits per heavy atom. The van der Waals surface area contributed by atoms with E-state index in [0.717, 1.165) is 5.56 Å². The van der Waals surface area contributed by atoms with Crippen molar-refractivity contribution in [3.8, 4) is 11.4 Å². The molecule has 1 heterocycles. The Bertz CT molecular complexity index is 586. The number of aromatic nitrogens is 2. The van der Waals surface area contributed by atoms with Gasteiger partial charge in [-0.15, -0.1) is 0 Å². The quantitative estimate of drug-likeness (QED) is 0.623. The van der Waals surface area contributed by atoms with E-state index in [1.807, 2.05) is 24.3 Å². The van der Waals surface area contributed by atoms with Crippen LogP contribution >= 0.6 is 23.2 Å². The third-order valence-corrected chi connectivity index (χ3v) is 3.38. The van der Waals surface area contributed by atoms with Crippen molar-refractivity contribution in [3.05, 3.63) is 45.7 Å². The molecule has 0 aliphatic carbocycles. The van der Waals surface area contributed by atoms with Crippen LogP contribution in [0.25, 0.3) is 11.4 Å². The first-order chi connectivity index (χ1) is 9.02. The molecule has 0 aliphatic rings. The zero-order valence-corrected chi connectivity index (χ0v) is 12.0. The molecule has 0 amide bonds. The summed E-state index contributed by atoms with van der Waals surface area (Å²) in [6, 6.07) is 7.85. The molecule has 2 aromatic rings. The molecule has 0 unspecified atom stereocenters. The molecule has 0 aliphatic heterocycles. The fourth-order valence-electron chi connectivity index (χ4n) is 1.66. The lowest BCUT2D eigenvalue weighted by Crippen LogP contribution is -1.97. The number of nitrogens with zero attached hydrogens (tertiary/aromatic N) is 2. The number of benzene rings is 1. The van der Waals surface area contributed by atoms with Gasteiger partial charge in [0.05, 0.1) is 5.56 Å². The van der Waals surface area contributed by atoms with Crippen molar-refractivity contribution in [3.63, 3.8) is 0 Å². The number of hydrogen-bond donors (Lipinski definition) is 0. The maximum Gasteiger partial charge on any atom is 0.162 e. The van der Waals surface area contributed by atoms with Gasteiger partial charge in [-0.05, 0) is 11.5 Å². The molecule has 2 rings (SSSR count). The largest absolute Gasteiger partial charge is 0.298 e. The SMILES string of the molecule is CC(C)c1ccc(-c2nc(Cl)c(C=O)c(Cl)n2)cc1. The molecule has 0 spiro atoms. The predicted octanol–water partition coefficient (Wildman–Crippen LogP) is 4.39. The molecule has 0 saturated heterocycles. The minimum Gasteiger partial charge on any atom is -0.298 e. The van der Waals surface area contributed by atoms with E-state index in [1.54, 1.807) is 0 Å². The van der Waals surface area contributed by atoms with Crippen LogP contribution in [0, 0.1) is 0 Å². The monoisotopic (exact) mass is 294 g/mol. The summed E-state index contributed by atoms with van der Waals surface area (Å²) in [6.45, 7) is 4.25. The van der Waals surface area contributed by atoms with Gasteiger partial charge in [-0.25, -0.2) is 9.97 Å². The third kappa shape index (κ3) is 2.94. The summed E-state index contributed by atoms with van der Waals surface area (Å²) in [4.78, 5) is 18.9. The van der Waals surface area contributed by atoms with E-state index >= 15 is 0 Å². The van der Waals surface area contributed by atoms with Crippen LogP contribution < -0.4 is 0 Å². The molecule has 0 atom stereocenters. The zero-order valence-electron chi connectivity index (χ0n) is 10.5. The molecule has 3 nitrogen and oxygen atoms in total. The summed E-state index contributed by atoms with van der Waals surface area (Å²) in [7, 11) is 0. The van der Waals surface area contributed by atoms with Crippen molar-refractivity contribution in [2.75, 3.05) is 0 Å². The molecule has 19 heavy (non-hydrogen) atoms. The highest BCUT2D eigenvalue weighted by Gasteiger charge is 2.12. The number of carbonyl (C=O) groups is 1. The molecule has 1 aromatic carbocycles. The van der Waals surface area contributed by atoms with Crippen molar-refractivity contribution in [1.82, 2.24) is 9.97 Å². The molecule has 0 radical (unpaired) electrons. The second kappa shape index (κ2) is 5.68. The van der Waals surface area contributed by atoms with E-state index in [9.17, 15) is 4.79 Å². The third-order valence-electron chi connectivity index (χ3n) is 2.81. The van der Waals surface area contributed by atoms with Crippen LogP contribution in [0.4, 0.5) is 0 Å². The molecule has 0 fully saturated rings. The summed E-state index contributed by atoms with van der Waals surface area (Å²) in [5.74, 6) is 0.871. The number of rotatable bonds is 3. The van der Waals surface area contributed by atoms with Crippen LogP contribution in [-0.2, 0) is 0 Å². The fraction of sp³-hybridized carbons (Fsp3) is 0.214. The molecule has 0 N–H and O–H groups in total. The lowest BCUT2D eigenvalue weighted by atomic mass is 10.0. The maximum atomic E-state index is 10.8. The molecule has 1 aromatic heterocycles. The fourth-order valence-corrected chi connectivity index (χ4v) is 2.14. The van der Waals surface area contributed by atoms with Gasteiger partial charge in [-0.3, -0.25) is 4.79 Å². The van der Waals surface area contributed by atoms with Gasteiger partial charge < -0.3 is 0 Å². The molecule has 5 heteroatoms. The first-order valence-electron chi connectivity index (χ1n) is 5.81. The zero-order chi connectivity index (χ0) is 14.0. The highest BCUT2D eigenvalue weighted by Crippen LogP contribution is 2.25. The van der Waals surface area contributed by atoms with Crippen molar-refractivity contribution >= 4 is 29.5 Å². The Hall–Kier alpha value is -1.45. The first kappa shape index (κ1) is 14.0. The van der Waals surface area contributed by atoms with E-state index in [1.165, 1.54) is 5.56 Å². The summed E-state index contributed by atoms with van der Waals surface area (Å²) in [6.07, 6.45) is 0.552. The van der Waals surface area contributed by atoms with Crippen molar-refractivity contribution in [2.24, 2.45) is 0 Å². The highest BCUT2D eigenvalue weighted by molar-refractivity contribution is 6.37. The Balaban J connectivity index is 2.44. The lowest BCUT2D eigenvalue weighted by Gasteiger charge is -2.07. The van der Waals surface area contributed by atoms with Gasteiger partial charge in [0.1, 0.15) is 10.3 Å². The molecule has 0 saturated carbocycles. The van der Waals surface area contributed by atoms with Crippen LogP contribution in [0.2, 0.25) is 10.3 Å². The van der Waals surface area contributed by atoms with Gasteiger partial charge in [0.25, 0.3) is 0 Å². The standard InChI is InChI=1S/C14H12Cl2N2O/c1-8(2)9-3-5-10(6-4-9)14-17-12(15)11(7-19)13(16)18-14/h3-8H,1-2H3. The number of halogens is 2. The average Bonchev–Trinajstić information content (AvgIpc) is 2.38. The number of aldehydes is 1. The Morgan fingerprint density at radius 1 is 1.05 bits per heavy atom. The Labute approximate surface area is 121 Å². The topological polar surface area (TPSA) is 42.9 Å². The second-order valence-corrected chi connectivity index (χ2v) is 5.15. The maximum absolute atomic E-state index is 10.8. The summed E-state index contributed by atoms with van der Waals surface area (Å²) in [5.41, 5.74) is 2.15. The van der Waals surface area contributed by atoms with Gasteiger partial charge >= 0.3 is 0 Å². The summed E-state index contributed by atoms with van der Waals surface area (Å²) in [5, 5.41) is 0.135. The van der Waals surface area contributed by atoms with Gasteiger partial charge in [-0.2, -0.15) is 0 Å². The average molecular weight is 295 g/mol. The first-order valence-corrected chi connectivity index (χ1v) is 6.57. The minimum absolute atomic E-state index is 0.0675. The second-order valence-electron chi connectivity index (χ2n) is 4.44. The van der Waals surface area contributed by atoms with Crippen LogP contribution in [-0.4, -0.2) is 16.3 Å². The van der Waals surface area contributed by atoms with Gasteiger partial charge in [-0.1, -0.05) is 61.3 Å². The van der Waals surface area contributed by atoms with Crippen molar-refractivity contribution in [1.29, 1.82) is 0 Å². The Morgan fingerprint density at radius 2 is 1.58 bits per heavy atom. The predicted molar refractivity (Wildman–Crippen MR) is 77.0 cm³/mol. The Kier molecular flexibility index (Phi) is 4.17. The number of hydrogen-bond acceptors (Lipinski definition) is 3. The van der Waals surface area contributed by atoms with Gasteiger partial charge in [0.15, 0.2) is 12.1 Å². The highest BCUT2D eigenvalue weighted by atomic mass is 35.5. The molecular formula is C14H12Cl2N2O. The molecule has 98 valence electrons. The van der Waals surface area contributed by atoms with Crippen molar-refractivity contribution in [2.45, 2.75) is 19.8 Å². The summed E-state index contributed by atoms with van der Waals surface area (Å²) < 4.78 is 0. The van der Waals surface area contributed by atoms with Crippen LogP contribution in [0.5, 0.6) is 0 Å². The summed E-state index contributed by atoms with van der Waals surface area (Å²) >= 11 is 11.8.